The average molecular weight is 264 g/mol. The summed E-state index contributed by atoms with van der Waals surface area (Å²) in [7, 11) is 0. The Bertz CT molecular complexity index is 323. The molecule has 4 rings (SSSR count). The van der Waals surface area contributed by atoms with E-state index in [2.05, 4.69) is 10.2 Å². The van der Waals surface area contributed by atoms with Crippen molar-refractivity contribution in [1.29, 1.82) is 0 Å². The molecule has 4 fully saturated rings. The highest BCUT2D eigenvalue weighted by atomic mass is 16.5. The van der Waals surface area contributed by atoms with Crippen molar-refractivity contribution in [3.8, 4) is 0 Å². The Labute approximate surface area is 117 Å². The Hall–Kier alpha value is -0.120. The smallest absolute Gasteiger partial charge is 0.0697 e. The fraction of sp³-hybridized carbons (Fsp3) is 1.00. The van der Waals surface area contributed by atoms with Gasteiger partial charge in [-0.25, -0.2) is 0 Å². The van der Waals surface area contributed by atoms with Crippen LogP contribution in [-0.4, -0.2) is 48.3 Å². The SMILES string of the molecule is C1CCC2(C1)CC(NC1CCN(C3CC3)C1)CCO2. The van der Waals surface area contributed by atoms with Crippen molar-refractivity contribution in [2.45, 2.75) is 81.5 Å². The number of rotatable bonds is 3. The quantitative estimate of drug-likeness (QED) is 0.846. The molecule has 1 spiro atoms. The van der Waals surface area contributed by atoms with E-state index in [4.69, 9.17) is 4.74 Å². The average Bonchev–Trinajstić information content (AvgIpc) is 3.01. The van der Waals surface area contributed by atoms with Crippen LogP contribution < -0.4 is 5.32 Å². The van der Waals surface area contributed by atoms with Gasteiger partial charge in [-0.2, -0.15) is 0 Å². The molecule has 108 valence electrons. The largest absolute Gasteiger partial charge is 0.375 e. The number of ether oxygens (including phenoxy) is 1. The van der Waals surface area contributed by atoms with Crippen LogP contribution in [0.1, 0.15) is 57.8 Å². The topological polar surface area (TPSA) is 24.5 Å². The van der Waals surface area contributed by atoms with Gasteiger partial charge in [0, 0.05) is 37.8 Å². The summed E-state index contributed by atoms with van der Waals surface area (Å²) in [5.41, 5.74) is 0.269. The third-order valence-corrected chi connectivity index (χ3v) is 5.76. The van der Waals surface area contributed by atoms with Crippen molar-refractivity contribution in [2.24, 2.45) is 0 Å². The zero-order valence-corrected chi connectivity index (χ0v) is 12.1. The molecule has 2 aliphatic carbocycles. The van der Waals surface area contributed by atoms with Gasteiger partial charge in [0.15, 0.2) is 0 Å². The van der Waals surface area contributed by atoms with Crippen LogP contribution in [0.4, 0.5) is 0 Å². The van der Waals surface area contributed by atoms with Gasteiger partial charge >= 0.3 is 0 Å². The van der Waals surface area contributed by atoms with Crippen LogP contribution in [0.2, 0.25) is 0 Å². The Morgan fingerprint density at radius 2 is 1.84 bits per heavy atom. The molecule has 2 saturated heterocycles. The van der Waals surface area contributed by atoms with Crippen LogP contribution in [0.15, 0.2) is 0 Å². The highest BCUT2D eigenvalue weighted by molar-refractivity contribution is 4.97. The van der Waals surface area contributed by atoms with Crippen molar-refractivity contribution >= 4 is 0 Å². The highest BCUT2D eigenvalue weighted by Gasteiger charge is 2.41. The summed E-state index contributed by atoms with van der Waals surface area (Å²) >= 11 is 0. The molecule has 0 aromatic rings. The second-order valence-corrected chi connectivity index (χ2v) is 7.31. The number of nitrogens with one attached hydrogen (secondary N) is 1. The first-order chi connectivity index (χ1) is 9.33. The van der Waals surface area contributed by atoms with E-state index < -0.39 is 0 Å². The standard InChI is InChI=1S/C16H28N2O/c1-2-8-16(7-1)11-13(6-10-19-16)17-14-5-9-18(12-14)15-3-4-15/h13-15,17H,1-12H2. The van der Waals surface area contributed by atoms with E-state index in [1.165, 1.54) is 70.9 Å². The molecule has 2 saturated carbocycles. The van der Waals surface area contributed by atoms with Crippen LogP contribution in [0.25, 0.3) is 0 Å². The van der Waals surface area contributed by atoms with Gasteiger partial charge in [-0.05, 0) is 44.9 Å². The molecular formula is C16H28N2O. The van der Waals surface area contributed by atoms with Gasteiger partial charge in [0.1, 0.15) is 0 Å². The van der Waals surface area contributed by atoms with E-state index in [1.54, 1.807) is 0 Å². The lowest BCUT2D eigenvalue weighted by Gasteiger charge is -2.39. The molecule has 1 N–H and O–H groups in total. The van der Waals surface area contributed by atoms with E-state index in [9.17, 15) is 0 Å². The summed E-state index contributed by atoms with van der Waals surface area (Å²) < 4.78 is 6.14. The van der Waals surface area contributed by atoms with Crippen molar-refractivity contribution < 1.29 is 4.74 Å². The molecule has 2 atom stereocenters. The third kappa shape index (κ3) is 2.70. The minimum absolute atomic E-state index is 0.269. The zero-order chi connectivity index (χ0) is 12.7. The maximum Gasteiger partial charge on any atom is 0.0697 e. The second-order valence-electron chi connectivity index (χ2n) is 7.31. The Balaban J connectivity index is 1.30. The van der Waals surface area contributed by atoms with E-state index in [0.717, 1.165) is 24.7 Å². The van der Waals surface area contributed by atoms with Crippen LogP contribution in [-0.2, 0) is 4.74 Å². The van der Waals surface area contributed by atoms with Gasteiger partial charge in [0.2, 0.25) is 0 Å². The molecule has 2 unspecified atom stereocenters. The fourth-order valence-electron chi connectivity index (χ4n) is 4.57. The first-order valence-electron chi connectivity index (χ1n) is 8.47. The highest BCUT2D eigenvalue weighted by Crippen LogP contribution is 2.40. The van der Waals surface area contributed by atoms with Gasteiger partial charge in [-0.1, -0.05) is 12.8 Å². The van der Waals surface area contributed by atoms with Crippen LogP contribution >= 0.6 is 0 Å². The maximum atomic E-state index is 6.14. The predicted octanol–water partition coefficient (Wildman–Crippen LogP) is 2.30. The minimum Gasteiger partial charge on any atom is -0.375 e. The molecule has 2 heterocycles. The number of nitrogens with zero attached hydrogens (tertiary/aromatic N) is 1. The summed E-state index contributed by atoms with van der Waals surface area (Å²) in [5.74, 6) is 0. The summed E-state index contributed by atoms with van der Waals surface area (Å²) in [6, 6.07) is 2.42. The molecule has 0 aromatic heterocycles. The first-order valence-corrected chi connectivity index (χ1v) is 8.47. The van der Waals surface area contributed by atoms with Gasteiger partial charge in [-0.3, -0.25) is 4.90 Å². The number of likely N-dealkylation sites (tertiary alicyclic amines) is 1. The maximum absolute atomic E-state index is 6.14. The van der Waals surface area contributed by atoms with Crippen molar-refractivity contribution in [3.05, 3.63) is 0 Å². The van der Waals surface area contributed by atoms with Crippen molar-refractivity contribution in [3.63, 3.8) is 0 Å². The number of hydrogen-bond acceptors (Lipinski definition) is 3. The molecule has 0 amide bonds. The van der Waals surface area contributed by atoms with Crippen molar-refractivity contribution in [2.75, 3.05) is 19.7 Å². The van der Waals surface area contributed by atoms with E-state index in [0.29, 0.717) is 0 Å². The van der Waals surface area contributed by atoms with E-state index >= 15 is 0 Å². The molecule has 3 nitrogen and oxygen atoms in total. The summed E-state index contributed by atoms with van der Waals surface area (Å²) in [4.78, 5) is 2.71. The summed E-state index contributed by atoms with van der Waals surface area (Å²) in [6.07, 6.45) is 12.1. The molecule has 0 aromatic carbocycles. The van der Waals surface area contributed by atoms with Crippen LogP contribution in [0.5, 0.6) is 0 Å². The minimum atomic E-state index is 0.269. The molecular weight excluding hydrogens is 236 g/mol. The lowest BCUT2D eigenvalue weighted by atomic mass is 9.88. The third-order valence-electron chi connectivity index (χ3n) is 5.76. The van der Waals surface area contributed by atoms with Gasteiger partial charge in [0.05, 0.1) is 5.60 Å². The normalized spacial score (nSPS) is 39.2. The van der Waals surface area contributed by atoms with E-state index in [-0.39, 0.29) is 5.60 Å². The summed E-state index contributed by atoms with van der Waals surface area (Å²) in [6.45, 7) is 3.61. The lowest BCUT2D eigenvalue weighted by Crippen LogP contribution is -2.49. The molecule has 4 aliphatic rings. The van der Waals surface area contributed by atoms with Gasteiger partial charge < -0.3 is 10.1 Å². The van der Waals surface area contributed by atoms with Gasteiger partial charge in [0.25, 0.3) is 0 Å². The fourth-order valence-corrected chi connectivity index (χ4v) is 4.57. The second kappa shape index (κ2) is 5.01. The lowest BCUT2D eigenvalue weighted by molar-refractivity contribution is -0.0846. The molecule has 0 bridgehead atoms. The number of hydrogen-bond donors (Lipinski definition) is 1. The predicted molar refractivity (Wildman–Crippen MR) is 76.3 cm³/mol. The monoisotopic (exact) mass is 264 g/mol. The molecule has 2 aliphatic heterocycles. The Morgan fingerprint density at radius 3 is 2.63 bits per heavy atom. The molecule has 0 radical (unpaired) electrons. The first kappa shape index (κ1) is 12.6. The molecule has 19 heavy (non-hydrogen) atoms. The van der Waals surface area contributed by atoms with Crippen molar-refractivity contribution in [1.82, 2.24) is 10.2 Å². The molecule has 3 heteroatoms. The zero-order valence-electron chi connectivity index (χ0n) is 12.1. The van der Waals surface area contributed by atoms with Crippen LogP contribution in [0, 0.1) is 0 Å². The van der Waals surface area contributed by atoms with Gasteiger partial charge in [-0.15, -0.1) is 0 Å². The van der Waals surface area contributed by atoms with Crippen LogP contribution in [0.3, 0.4) is 0 Å². The van der Waals surface area contributed by atoms with E-state index in [1.807, 2.05) is 0 Å². The Morgan fingerprint density at radius 1 is 1.00 bits per heavy atom. The summed E-state index contributed by atoms with van der Waals surface area (Å²) in [5, 5.41) is 3.96. The Kier molecular flexibility index (Phi) is 3.33.